The van der Waals surface area contributed by atoms with E-state index in [1.165, 1.54) is 102 Å². The number of thioether (sulfide) groups is 1. The van der Waals surface area contributed by atoms with E-state index in [2.05, 4.69) is 33.5 Å². The summed E-state index contributed by atoms with van der Waals surface area (Å²) in [6.45, 7) is 4.48. The minimum absolute atomic E-state index is 0.00658. The fraction of sp³-hybridized carbons (Fsp3) is 0.933. The Kier molecular flexibility index (Phi) is 25.0. The quantitative estimate of drug-likeness (QED) is 0.0830. The Labute approximate surface area is 246 Å². The van der Waals surface area contributed by atoms with Crippen LogP contribution in [-0.4, -0.2) is 54.3 Å². The van der Waals surface area contributed by atoms with Gasteiger partial charge in [0.25, 0.3) is 5.24 Å². The number of hydrogen-bond acceptors (Lipinski definition) is 5. The lowest BCUT2D eigenvalue weighted by Gasteiger charge is -2.30. The fourth-order valence-corrected chi connectivity index (χ4v) is 6.21. The molecule has 2 amide bonds. The molecule has 0 unspecified atom stereocenters. The van der Waals surface area contributed by atoms with Crippen molar-refractivity contribution in [2.75, 3.05) is 31.6 Å². The summed E-state index contributed by atoms with van der Waals surface area (Å²) >= 11 is 4.71. The zero-order valence-corrected chi connectivity index (χ0v) is 26.7. The molecule has 0 aliphatic carbocycles. The maximum atomic E-state index is 12.4. The lowest BCUT2D eigenvalue weighted by atomic mass is 10.0. The first-order valence-corrected chi connectivity index (χ1v) is 17.7. The van der Waals surface area contributed by atoms with E-state index in [9.17, 15) is 9.59 Å². The van der Waals surface area contributed by atoms with Gasteiger partial charge in [-0.25, -0.2) is 4.79 Å². The molecule has 224 valence electrons. The van der Waals surface area contributed by atoms with Gasteiger partial charge in [0.1, 0.15) is 12.7 Å². The fourth-order valence-electron chi connectivity index (χ4n) is 4.76. The number of carbonyl (C=O) groups is 2. The highest BCUT2D eigenvalue weighted by atomic mass is 79.9. The van der Waals surface area contributed by atoms with Crippen LogP contribution < -0.4 is 10.6 Å². The second-order valence-corrected chi connectivity index (χ2v) is 12.7. The van der Waals surface area contributed by atoms with Gasteiger partial charge in [-0.05, 0) is 32.1 Å². The van der Waals surface area contributed by atoms with Crippen molar-refractivity contribution in [1.82, 2.24) is 10.6 Å². The van der Waals surface area contributed by atoms with Crippen molar-refractivity contribution in [2.24, 2.45) is 0 Å². The van der Waals surface area contributed by atoms with Gasteiger partial charge in [-0.15, -0.1) is 0 Å². The molecule has 0 spiro atoms. The van der Waals surface area contributed by atoms with Crippen molar-refractivity contribution >= 4 is 39.0 Å². The summed E-state index contributed by atoms with van der Waals surface area (Å²) < 4.78 is 11.2. The van der Waals surface area contributed by atoms with Crippen LogP contribution in [0.25, 0.3) is 0 Å². The molecule has 1 heterocycles. The van der Waals surface area contributed by atoms with Gasteiger partial charge in [-0.3, -0.25) is 4.79 Å². The molecule has 1 aliphatic heterocycles. The van der Waals surface area contributed by atoms with Crippen LogP contribution in [0, 0.1) is 0 Å². The molecule has 1 rings (SSSR count). The maximum absolute atomic E-state index is 12.4. The Balaban J connectivity index is 1.98. The molecule has 0 saturated carbocycles. The summed E-state index contributed by atoms with van der Waals surface area (Å²) in [5.41, 5.74) is 0. The second-order valence-electron chi connectivity index (χ2n) is 10.6. The van der Waals surface area contributed by atoms with E-state index in [1.807, 2.05) is 0 Å². The molecule has 1 aliphatic rings. The van der Waals surface area contributed by atoms with Crippen LogP contribution in [-0.2, 0) is 9.47 Å². The summed E-state index contributed by atoms with van der Waals surface area (Å²) in [7, 11) is 0. The van der Waals surface area contributed by atoms with Crippen molar-refractivity contribution in [1.29, 1.82) is 0 Å². The van der Waals surface area contributed by atoms with Gasteiger partial charge in [-0.2, -0.15) is 0 Å². The molecule has 8 heteroatoms. The molecule has 0 bridgehead atoms. The first-order valence-electron chi connectivity index (χ1n) is 15.7. The number of alkyl carbamates (subject to hydrolysis) is 1. The van der Waals surface area contributed by atoms with E-state index >= 15 is 0 Å². The van der Waals surface area contributed by atoms with Crippen LogP contribution >= 0.6 is 27.7 Å². The van der Waals surface area contributed by atoms with E-state index in [4.69, 9.17) is 9.47 Å². The third-order valence-electron chi connectivity index (χ3n) is 7.15. The molecule has 0 aromatic heterocycles. The van der Waals surface area contributed by atoms with E-state index < -0.39 is 6.09 Å². The molecule has 2 atom stereocenters. The Morgan fingerprint density at radius 1 is 0.789 bits per heavy atom. The number of halogens is 1. The molecule has 1 fully saturated rings. The topological polar surface area (TPSA) is 76.7 Å². The first-order chi connectivity index (χ1) is 18.7. The zero-order valence-electron chi connectivity index (χ0n) is 24.3. The summed E-state index contributed by atoms with van der Waals surface area (Å²) in [5, 5.41) is 6.86. The first kappa shape index (κ1) is 35.6. The smallest absolute Gasteiger partial charge is 0.407 e. The van der Waals surface area contributed by atoms with E-state index in [-0.39, 0.29) is 23.2 Å². The van der Waals surface area contributed by atoms with Gasteiger partial charge < -0.3 is 20.1 Å². The number of nitrogens with one attached hydrogen (secondary N) is 2. The average molecular weight is 622 g/mol. The van der Waals surface area contributed by atoms with E-state index in [1.54, 1.807) is 0 Å². The lowest BCUT2D eigenvalue weighted by Crippen LogP contribution is -2.39. The van der Waals surface area contributed by atoms with Crippen molar-refractivity contribution in [3.05, 3.63) is 0 Å². The lowest BCUT2D eigenvalue weighted by molar-refractivity contribution is -0.0178. The van der Waals surface area contributed by atoms with Gasteiger partial charge in [-0.1, -0.05) is 131 Å². The van der Waals surface area contributed by atoms with Crippen molar-refractivity contribution < 1.29 is 19.1 Å². The number of unbranched alkanes of at least 4 members (excludes halogenated alkanes) is 16. The third-order valence-corrected chi connectivity index (χ3v) is 8.91. The standard InChI is InChI=1S/C30H57BrN2O4S/c1-2-3-4-5-6-7-8-9-10-11-12-13-14-15-18-24-33-30(35)38-28-21-20-25-36-27(28)26-37-29(34)32-23-19-16-17-22-31/h27-28H,2-26H2,1H3,(H,32,34)(H,33,35)/t27-,28-/m0/s1. The van der Waals surface area contributed by atoms with Gasteiger partial charge >= 0.3 is 6.09 Å². The normalized spacial score (nSPS) is 17.3. The number of hydrogen-bond donors (Lipinski definition) is 2. The monoisotopic (exact) mass is 620 g/mol. The minimum Gasteiger partial charge on any atom is -0.447 e. The molecule has 38 heavy (non-hydrogen) atoms. The molecule has 0 radical (unpaired) electrons. The van der Waals surface area contributed by atoms with Crippen LogP contribution in [0.1, 0.15) is 135 Å². The Bertz CT molecular complexity index is 570. The van der Waals surface area contributed by atoms with Crippen LogP contribution in [0.15, 0.2) is 0 Å². The third kappa shape index (κ3) is 21.4. The molecule has 0 aromatic rings. The highest BCUT2D eigenvalue weighted by Crippen LogP contribution is 2.27. The van der Waals surface area contributed by atoms with Crippen LogP contribution in [0.3, 0.4) is 0 Å². The summed E-state index contributed by atoms with van der Waals surface area (Å²) in [6.07, 6.45) is 24.5. The number of amides is 2. The van der Waals surface area contributed by atoms with Crippen LogP contribution in [0.4, 0.5) is 9.59 Å². The summed E-state index contributed by atoms with van der Waals surface area (Å²) in [4.78, 5) is 24.4. The van der Waals surface area contributed by atoms with Crippen LogP contribution in [0.5, 0.6) is 0 Å². The number of alkyl halides is 1. The van der Waals surface area contributed by atoms with E-state index in [0.29, 0.717) is 13.2 Å². The SMILES string of the molecule is CCCCCCCCCCCCCCCCCNC(=O)S[C@H]1CCCO[C@H]1COC(=O)NCCCCCBr. The molecule has 2 N–H and O–H groups in total. The molecular formula is C30H57BrN2O4S. The summed E-state index contributed by atoms with van der Waals surface area (Å²) in [5.74, 6) is 0. The molecule has 1 saturated heterocycles. The largest absolute Gasteiger partial charge is 0.447 e. The predicted molar refractivity (Wildman–Crippen MR) is 166 cm³/mol. The van der Waals surface area contributed by atoms with Crippen molar-refractivity contribution in [3.63, 3.8) is 0 Å². The molecular weight excluding hydrogens is 564 g/mol. The Morgan fingerprint density at radius 3 is 1.89 bits per heavy atom. The highest BCUT2D eigenvalue weighted by molar-refractivity contribution is 9.09. The predicted octanol–water partition coefficient (Wildman–Crippen LogP) is 9.14. The van der Waals surface area contributed by atoms with Gasteiger partial charge in [0.15, 0.2) is 0 Å². The zero-order chi connectivity index (χ0) is 27.5. The summed E-state index contributed by atoms with van der Waals surface area (Å²) in [6, 6.07) is 0. The van der Waals surface area contributed by atoms with Gasteiger partial charge in [0, 0.05) is 30.3 Å². The van der Waals surface area contributed by atoms with Crippen molar-refractivity contribution in [3.8, 4) is 0 Å². The van der Waals surface area contributed by atoms with Gasteiger partial charge in [0.05, 0.1) is 0 Å². The average Bonchev–Trinajstić information content (AvgIpc) is 2.92. The van der Waals surface area contributed by atoms with Crippen LogP contribution in [0.2, 0.25) is 0 Å². The second kappa shape index (κ2) is 26.7. The van der Waals surface area contributed by atoms with E-state index in [0.717, 1.165) is 50.4 Å². The number of rotatable bonds is 24. The minimum atomic E-state index is -0.403. The van der Waals surface area contributed by atoms with Crippen molar-refractivity contribution in [2.45, 2.75) is 147 Å². The van der Waals surface area contributed by atoms with Gasteiger partial charge in [0.2, 0.25) is 0 Å². The maximum Gasteiger partial charge on any atom is 0.407 e. The number of carbonyl (C=O) groups excluding carboxylic acids is 2. The highest BCUT2D eigenvalue weighted by Gasteiger charge is 2.30. The molecule has 0 aromatic carbocycles. The Hall–Kier alpha value is -0.470. The number of ether oxygens (including phenoxy) is 2. The molecule has 6 nitrogen and oxygen atoms in total. The Morgan fingerprint density at radius 2 is 1.32 bits per heavy atom.